The number of fused-ring (bicyclic) bond motifs is 1. The summed E-state index contributed by atoms with van der Waals surface area (Å²) in [5.41, 5.74) is 4.82. The maximum Gasteiger partial charge on any atom is 0.255 e. The van der Waals surface area contributed by atoms with Gasteiger partial charge in [-0.2, -0.15) is 5.10 Å². The van der Waals surface area contributed by atoms with Gasteiger partial charge in [0.15, 0.2) is 0 Å². The summed E-state index contributed by atoms with van der Waals surface area (Å²) in [5, 5.41) is 9.76. The zero-order chi connectivity index (χ0) is 18.8. The number of nitrogens with one attached hydrogen (secondary N) is 1. The number of carbonyl (C=O) groups is 1. The van der Waals surface area contributed by atoms with Crippen molar-refractivity contribution in [1.29, 1.82) is 0 Å². The van der Waals surface area contributed by atoms with Crippen molar-refractivity contribution in [2.75, 3.05) is 5.32 Å². The molecule has 4 aromatic rings. The van der Waals surface area contributed by atoms with E-state index in [1.54, 1.807) is 6.20 Å². The van der Waals surface area contributed by atoms with Crippen LogP contribution in [-0.4, -0.2) is 15.7 Å². The number of aromatic nitrogens is 2. The first-order valence-corrected chi connectivity index (χ1v) is 8.98. The number of anilines is 1. The monoisotopic (exact) mass is 355 g/mol. The van der Waals surface area contributed by atoms with Crippen LogP contribution >= 0.6 is 0 Å². The minimum Gasteiger partial charge on any atom is -0.319 e. The molecule has 1 heterocycles. The molecule has 27 heavy (non-hydrogen) atoms. The number of rotatable bonds is 4. The predicted molar refractivity (Wildman–Crippen MR) is 109 cm³/mol. The summed E-state index contributed by atoms with van der Waals surface area (Å²) in [6.07, 6.45) is 3.55. The van der Waals surface area contributed by atoms with Crippen LogP contribution in [0.4, 0.5) is 5.69 Å². The molecule has 4 rings (SSSR count). The Balaban J connectivity index is 1.51. The van der Waals surface area contributed by atoms with Crippen molar-refractivity contribution in [3.63, 3.8) is 0 Å². The highest BCUT2D eigenvalue weighted by molar-refractivity contribution is 6.04. The van der Waals surface area contributed by atoms with Crippen molar-refractivity contribution in [3.05, 3.63) is 95.3 Å². The molecule has 4 nitrogen and oxygen atoms in total. The highest BCUT2D eigenvalue weighted by Gasteiger charge is 2.09. The summed E-state index contributed by atoms with van der Waals surface area (Å²) in [6.45, 7) is 4.70. The molecule has 4 heteroatoms. The second-order valence-corrected chi connectivity index (χ2v) is 6.82. The lowest BCUT2D eigenvalue weighted by molar-refractivity contribution is 0.102. The second kappa shape index (κ2) is 7.08. The highest BCUT2D eigenvalue weighted by atomic mass is 16.1. The molecule has 0 fully saturated rings. The van der Waals surface area contributed by atoms with Crippen LogP contribution in [0.5, 0.6) is 0 Å². The number of amides is 1. The molecule has 0 bridgehead atoms. The summed E-state index contributed by atoms with van der Waals surface area (Å²) >= 11 is 0. The van der Waals surface area contributed by atoms with Gasteiger partial charge in [-0.1, -0.05) is 48.5 Å². The molecule has 0 aliphatic carbocycles. The summed E-state index contributed by atoms with van der Waals surface area (Å²) < 4.78 is 1.85. The molecule has 3 aromatic carbocycles. The van der Waals surface area contributed by atoms with E-state index in [4.69, 9.17) is 0 Å². The van der Waals surface area contributed by atoms with E-state index in [9.17, 15) is 4.79 Å². The zero-order valence-corrected chi connectivity index (χ0v) is 15.4. The third-order valence-electron chi connectivity index (χ3n) is 4.87. The first-order chi connectivity index (χ1) is 13.1. The van der Waals surface area contributed by atoms with Crippen molar-refractivity contribution in [2.45, 2.75) is 20.4 Å². The van der Waals surface area contributed by atoms with Gasteiger partial charge in [-0.3, -0.25) is 9.48 Å². The number of nitrogens with zero attached hydrogens (tertiary/aromatic N) is 2. The van der Waals surface area contributed by atoms with Crippen LogP contribution in [0.25, 0.3) is 10.8 Å². The lowest BCUT2D eigenvalue weighted by atomic mass is 10.0. The van der Waals surface area contributed by atoms with E-state index in [1.165, 1.54) is 21.9 Å². The Morgan fingerprint density at radius 1 is 1.00 bits per heavy atom. The lowest BCUT2D eigenvalue weighted by Crippen LogP contribution is -2.11. The van der Waals surface area contributed by atoms with Gasteiger partial charge in [0.2, 0.25) is 0 Å². The third-order valence-corrected chi connectivity index (χ3v) is 4.87. The van der Waals surface area contributed by atoms with Crippen molar-refractivity contribution in [2.24, 2.45) is 0 Å². The van der Waals surface area contributed by atoms with Gasteiger partial charge < -0.3 is 5.32 Å². The van der Waals surface area contributed by atoms with Crippen LogP contribution < -0.4 is 5.32 Å². The maximum atomic E-state index is 12.5. The summed E-state index contributed by atoms with van der Waals surface area (Å²) in [4.78, 5) is 12.5. The molecule has 0 saturated heterocycles. The van der Waals surface area contributed by atoms with Crippen LogP contribution in [0.15, 0.2) is 73.1 Å². The predicted octanol–water partition coefficient (Wildman–Crippen LogP) is 4.95. The van der Waals surface area contributed by atoms with Gasteiger partial charge in [0, 0.05) is 11.8 Å². The topological polar surface area (TPSA) is 46.9 Å². The Kier molecular flexibility index (Phi) is 4.47. The van der Waals surface area contributed by atoms with E-state index in [2.05, 4.69) is 40.7 Å². The molecule has 0 radical (unpaired) electrons. The van der Waals surface area contributed by atoms with E-state index in [-0.39, 0.29) is 5.91 Å². The molecule has 0 saturated carbocycles. The van der Waals surface area contributed by atoms with Gasteiger partial charge in [-0.25, -0.2) is 0 Å². The number of hydrogen-bond donors (Lipinski definition) is 1. The molecule has 0 atom stereocenters. The molecular weight excluding hydrogens is 334 g/mol. The first-order valence-electron chi connectivity index (χ1n) is 8.98. The van der Waals surface area contributed by atoms with Gasteiger partial charge in [0.25, 0.3) is 5.91 Å². The zero-order valence-electron chi connectivity index (χ0n) is 15.4. The lowest BCUT2D eigenvalue weighted by Gasteiger charge is -2.07. The van der Waals surface area contributed by atoms with Crippen LogP contribution in [0.1, 0.15) is 27.0 Å². The smallest absolute Gasteiger partial charge is 0.255 e. The van der Waals surface area contributed by atoms with Crippen molar-refractivity contribution in [3.8, 4) is 0 Å². The van der Waals surface area contributed by atoms with Crippen molar-refractivity contribution < 1.29 is 4.79 Å². The molecular formula is C23H21N3O. The summed E-state index contributed by atoms with van der Waals surface area (Å²) in [6, 6.07) is 20.3. The highest BCUT2D eigenvalue weighted by Crippen LogP contribution is 2.20. The van der Waals surface area contributed by atoms with Crippen LogP contribution in [0.3, 0.4) is 0 Å². The molecule has 0 aliphatic rings. The minimum atomic E-state index is -0.122. The van der Waals surface area contributed by atoms with Crippen molar-refractivity contribution in [1.82, 2.24) is 9.78 Å². The van der Waals surface area contributed by atoms with Gasteiger partial charge in [-0.05, 0) is 53.4 Å². The standard InChI is InChI=1S/C23H21N3O/c1-16-10-11-19(12-17(16)2)23(27)25-21-13-24-26(15-21)14-20-8-5-7-18-6-3-4-9-22(18)20/h3-13,15H,14H2,1-2H3,(H,25,27). The van der Waals surface area contributed by atoms with Crippen LogP contribution in [0, 0.1) is 13.8 Å². The third kappa shape index (κ3) is 3.60. The molecule has 134 valence electrons. The fourth-order valence-corrected chi connectivity index (χ4v) is 3.21. The molecule has 1 aromatic heterocycles. The summed E-state index contributed by atoms with van der Waals surface area (Å²) in [5.74, 6) is -0.122. The Morgan fingerprint density at radius 2 is 1.81 bits per heavy atom. The quantitative estimate of drug-likeness (QED) is 0.563. The fourth-order valence-electron chi connectivity index (χ4n) is 3.21. The van der Waals surface area contributed by atoms with E-state index in [1.807, 2.05) is 55.1 Å². The Bertz CT molecular complexity index is 1120. The largest absolute Gasteiger partial charge is 0.319 e. The van der Waals surface area contributed by atoms with Gasteiger partial charge in [0.1, 0.15) is 0 Å². The van der Waals surface area contributed by atoms with Crippen molar-refractivity contribution >= 4 is 22.4 Å². The average Bonchev–Trinajstić information content (AvgIpc) is 3.11. The summed E-state index contributed by atoms with van der Waals surface area (Å²) in [7, 11) is 0. The van der Waals surface area contributed by atoms with E-state index in [0.717, 1.165) is 5.56 Å². The number of hydrogen-bond acceptors (Lipinski definition) is 2. The number of benzene rings is 3. The normalized spacial score (nSPS) is 10.9. The fraction of sp³-hybridized carbons (Fsp3) is 0.130. The van der Waals surface area contributed by atoms with E-state index < -0.39 is 0 Å². The van der Waals surface area contributed by atoms with E-state index in [0.29, 0.717) is 17.8 Å². The Hall–Kier alpha value is -3.40. The molecule has 1 N–H and O–H groups in total. The van der Waals surface area contributed by atoms with Gasteiger partial charge in [0.05, 0.1) is 18.4 Å². The minimum absolute atomic E-state index is 0.122. The SMILES string of the molecule is Cc1ccc(C(=O)Nc2cnn(Cc3cccc4ccccc34)c2)cc1C. The Morgan fingerprint density at radius 3 is 2.67 bits per heavy atom. The molecule has 0 aliphatic heterocycles. The second-order valence-electron chi connectivity index (χ2n) is 6.82. The molecule has 0 spiro atoms. The van der Waals surface area contributed by atoms with Crippen LogP contribution in [-0.2, 0) is 6.54 Å². The number of aryl methyl sites for hydroxylation is 2. The molecule has 1 amide bonds. The van der Waals surface area contributed by atoms with Gasteiger partial charge >= 0.3 is 0 Å². The number of carbonyl (C=O) groups excluding carboxylic acids is 1. The maximum absolute atomic E-state index is 12.5. The molecule has 0 unspecified atom stereocenters. The Labute approximate surface area is 158 Å². The first kappa shape index (κ1) is 17.0. The average molecular weight is 355 g/mol. The van der Waals surface area contributed by atoms with Crippen LogP contribution in [0.2, 0.25) is 0 Å². The van der Waals surface area contributed by atoms with Gasteiger partial charge in [-0.15, -0.1) is 0 Å². The van der Waals surface area contributed by atoms with E-state index >= 15 is 0 Å².